The van der Waals surface area contributed by atoms with Crippen LogP contribution in [0.3, 0.4) is 0 Å². The first-order chi connectivity index (χ1) is 5.74. The van der Waals surface area contributed by atoms with E-state index in [2.05, 4.69) is 15.3 Å². The van der Waals surface area contributed by atoms with Gasteiger partial charge in [-0.2, -0.15) is 0 Å². The maximum Gasteiger partial charge on any atom is 0.200 e. The van der Waals surface area contributed by atoms with Crippen LogP contribution in [0.15, 0.2) is 6.07 Å². The second kappa shape index (κ2) is 2.75. The van der Waals surface area contributed by atoms with Gasteiger partial charge in [-0.05, 0) is 25.1 Å². The first-order valence-electron chi connectivity index (χ1n) is 3.87. The number of aromatic nitrogens is 2. The Balaban J connectivity index is 2.23. The third-order valence-corrected chi connectivity index (χ3v) is 1.89. The van der Waals surface area contributed by atoms with Gasteiger partial charge in [-0.15, -0.1) is 0 Å². The molecule has 0 saturated heterocycles. The Bertz CT molecular complexity index is 342. The van der Waals surface area contributed by atoms with Crippen molar-refractivity contribution < 1.29 is 0 Å². The Kier molecular flexibility index (Phi) is 1.73. The molecule has 0 aromatic carbocycles. The van der Waals surface area contributed by atoms with Gasteiger partial charge in [0.15, 0.2) is 4.77 Å². The van der Waals surface area contributed by atoms with Crippen LogP contribution in [0.5, 0.6) is 0 Å². The van der Waals surface area contributed by atoms with Crippen LogP contribution in [-0.4, -0.2) is 16.0 Å². The summed E-state index contributed by atoms with van der Waals surface area (Å²) >= 11 is 4.87. The normalized spacial score (nSPS) is 16.0. The van der Waals surface area contributed by atoms with E-state index in [1.165, 1.54) is 12.8 Å². The number of hydrogen-bond acceptors (Lipinski definition) is 4. The van der Waals surface area contributed by atoms with Gasteiger partial charge in [0, 0.05) is 12.1 Å². The van der Waals surface area contributed by atoms with Crippen LogP contribution in [0.25, 0.3) is 0 Å². The Morgan fingerprint density at radius 1 is 1.67 bits per heavy atom. The molecule has 1 aromatic rings. The standard InChI is InChI=1S/C7H10N4S/c8-5-3-6(9-4-1-2-4)11-7(12)10-5/h3-4H,1-2H2,(H4,8,9,10,11,12). The number of aromatic amines is 1. The van der Waals surface area contributed by atoms with E-state index in [1.807, 2.05) is 0 Å². The lowest BCUT2D eigenvalue weighted by molar-refractivity contribution is 1.07. The van der Waals surface area contributed by atoms with Crippen molar-refractivity contribution in [3.63, 3.8) is 0 Å². The molecule has 0 spiro atoms. The van der Waals surface area contributed by atoms with Crippen molar-refractivity contribution in [1.29, 1.82) is 0 Å². The highest BCUT2D eigenvalue weighted by Crippen LogP contribution is 2.23. The summed E-state index contributed by atoms with van der Waals surface area (Å²) in [5.74, 6) is 1.33. The van der Waals surface area contributed by atoms with Crippen molar-refractivity contribution in [2.24, 2.45) is 0 Å². The number of hydrogen-bond donors (Lipinski definition) is 3. The van der Waals surface area contributed by atoms with Gasteiger partial charge in [0.2, 0.25) is 0 Å². The number of nitrogens with two attached hydrogens (primary N) is 1. The third-order valence-electron chi connectivity index (χ3n) is 1.69. The molecule has 2 rings (SSSR count). The highest BCUT2D eigenvalue weighted by molar-refractivity contribution is 7.71. The Hall–Kier alpha value is -1.10. The van der Waals surface area contributed by atoms with E-state index in [9.17, 15) is 0 Å². The molecule has 1 heterocycles. The molecule has 1 fully saturated rings. The van der Waals surface area contributed by atoms with Crippen LogP contribution in [-0.2, 0) is 0 Å². The molecule has 1 aliphatic rings. The topological polar surface area (TPSA) is 66.7 Å². The predicted octanol–water partition coefficient (Wildman–Crippen LogP) is 1.30. The average Bonchev–Trinajstić information content (AvgIpc) is 2.68. The second-order valence-corrected chi connectivity index (χ2v) is 3.33. The van der Waals surface area contributed by atoms with E-state index in [4.69, 9.17) is 18.0 Å². The highest BCUT2D eigenvalue weighted by atomic mass is 32.1. The monoisotopic (exact) mass is 182 g/mol. The molecule has 0 radical (unpaired) electrons. The first-order valence-corrected chi connectivity index (χ1v) is 4.28. The van der Waals surface area contributed by atoms with E-state index in [1.54, 1.807) is 6.07 Å². The van der Waals surface area contributed by atoms with Crippen molar-refractivity contribution in [3.8, 4) is 0 Å². The maximum absolute atomic E-state index is 5.55. The van der Waals surface area contributed by atoms with Crippen LogP contribution in [0.1, 0.15) is 12.8 Å². The highest BCUT2D eigenvalue weighted by Gasteiger charge is 2.21. The number of anilines is 2. The Labute approximate surface area is 75.2 Å². The molecular formula is C7H10N4S. The molecular weight excluding hydrogens is 172 g/mol. The fourth-order valence-electron chi connectivity index (χ4n) is 0.987. The van der Waals surface area contributed by atoms with Crippen molar-refractivity contribution in [2.75, 3.05) is 11.1 Å². The minimum absolute atomic E-state index is 0.429. The number of nitrogen functional groups attached to an aromatic ring is 1. The minimum atomic E-state index is 0.429. The molecule has 1 aromatic heterocycles. The summed E-state index contributed by atoms with van der Waals surface area (Å²) in [5, 5.41) is 3.22. The summed E-state index contributed by atoms with van der Waals surface area (Å²) in [4.78, 5) is 6.83. The molecule has 5 heteroatoms. The van der Waals surface area contributed by atoms with Gasteiger partial charge in [0.1, 0.15) is 11.6 Å². The quantitative estimate of drug-likeness (QED) is 0.603. The van der Waals surface area contributed by atoms with Gasteiger partial charge >= 0.3 is 0 Å². The molecule has 0 aliphatic heterocycles. The smallest absolute Gasteiger partial charge is 0.200 e. The summed E-state index contributed by atoms with van der Waals surface area (Å²) in [5.41, 5.74) is 5.55. The molecule has 1 aliphatic carbocycles. The second-order valence-electron chi connectivity index (χ2n) is 2.95. The van der Waals surface area contributed by atoms with Crippen LogP contribution >= 0.6 is 12.2 Å². The van der Waals surface area contributed by atoms with Gasteiger partial charge in [0.25, 0.3) is 0 Å². The zero-order valence-corrected chi connectivity index (χ0v) is 7.32. The lowest BCUT2D eigenvalue weighted by atomic mass is 10.5. The first kappa shape index (κ1) is 7.54. The largest absolute Gasteiger partial charge is 0.385 e. The van der Waals surface area contributed by atoms with Gasteiger partial charge in [-0.1, -0.05) is 0 Å². The van der Waals surface area contributed by atoms with Gasteiger partial charge in [0.05, 0.1) is 0 Å². The number of rotatable bonds is 2. The summed E-state index contributed by atoms with van der Waals surface area (Å²) in [6, 6.07) is 2.34. The zero-order chi connectivity index (χ0) is 8.55. The molecule has 1 saturated carbocycles. The van der Waals surface area contributed by atoms with E-state index >= 15 is 0 Å². The van der Waals surface area contributed by atoms with Crippen molar-refractivity contribution >= 4 is 23.9 Å². The Morgan fingerprint density at radius 2 is 2.42 bits per heavy atom. The van der Waals surface area contributed by atoms with Gasteiger partial charge < -0.3 is 16.0 Å². The molecule has 0 atom stereocenters. The summed E-state index contributed by atoms with van der Waals surface area (Å²) in [6.07, 6.45) is 2.43. The molecule has 0 amide bonds. The van der Waals surface area contributed by atoms with Crippen LogP contribution in [0.2, 0.25) is 0 Å². The van der Waals surface area contributed by atoms with Gasteiger partial charge in [-0.3, -0.25) is 0 Å². The minimum Gasteiger partial charge on any atom is -0.385 e. The fraction of sp³-hybridized carbons (Fsp3) is 0.429. The third kappa shape index (κ3) is 1.73. The maximum atomic E-state index is 5.55. The summed E-state index contributed by atoms with van der Waals surface area (Å²) < 4.78 is 0.429. The Morgan fingerprint density at radius 3 is 3.00 bits per heavy atom. The molecule has 64 valence electrons. The molecule has 0 bridgehead atoms. The number of nitrogens with zero attached hydrogens (tertiary/aromatic N) is 1. The average molecular weight is 182 g/mol. The summed E-state index contributed by atoms with van der Waals surface area (Å²) in [7, 11) is 0. The zero-order valence-electron chi connectivity index (χ0n) is 6.50. The van der Waals surface area contributed by atoms with E-state index in [-0.39, 0.29) is 0 Å². The van der Waals surface area contributed by atoms with Crippen molar-refractivity contribution in [2.45, 2.75) is 18.9 Å². The molecule has 4 N–H and O–H groups in total. The van der Waals surface area contributed by atoms with Crippen molar-refractivity contribution in [3.05, 3.63) is 10.8 Å². The van der Waals surface area contributed by atoms with E-state index in [0.717, 1.165) is 5.82 Å². The molecule has 4 nitrogen and oxygen atoms in total. The van der Waals surface area contributed by atoms with E-state index in [0.29, 0.717) is 16.6 Å². The van der Waals surface area contributed by atoms with E-state index < -0.39 is 0 Å². The lowest BCUT2D eigenvalue weighted by Gasteiger charge is -2.02. The molecule has 12 heavy (non-hydrogen) atoms. The van der Waals surface area contributed by atoms with Crippen LogP contribution < -0.4 is 11.1 Å². The SMILES string of the molecule is Nc1cc(NC2CC2)nc(=S)[nH]1. The van der Waals surface area contributed by atoms with Crippen LogP contribution in [0.4, 0.5) is 11.6 Å². The summed E-state index contributed by atoms with van der Waals surface area (Å²) in [6.45, 7) is 0. The van der Waals surface area contributed by atoms with Gasteiger partial charge in [-0.25, -0.2) is 4.98 Å². The predicted molar refractivity (Wildman–Crippen MR) is 50.5 cm³/mol. The number of nitrogens with one attached hydrogen (secondary N) is 2. The van der Waals surface area contributed by atoms with Crippen LogP contribution in [0, 0.1) is 4.77 Å². The molecule has 0 unspecified atom stereocenters. The van der Waals surface area contributed by atoms with Crippen molar-refractivity contribution in [1.82, 2.24) is 9.97 Å². The lowest BCUT2D eigenvalue weighted by Crippen LogP contribution is -2.04. The fourth-order valence-corrected chi connectivity index (χ4v) is 1.20. The number of H-pyrrole nitrogens is 1.